The van der Waals surface area contributed by atoms with E-state index in [4.69, 9.17) is 46.4 Å². The number of non-ortho nitro benzene ring substituents is 2. The number of hydrogen-bond donors (Lipinski definition) is 0. The average molecular weight is 678 g/mol. The van der Waals surface area contributed by atoms with Crippen LogP contribution in [0.3, 0.4) is 0 Å². The van der Waals surface area contributed by atoms with Crippen LogP contribution in [0.2, 0.25) is 20.1 Å². The molecule has 0 fully saturated rings. The summed E-state index contributed by atoms with van der Waals surface area (Å²) in [6.07, 6.45) is 5.65. The van der Waals surface area contributed by atoms with Crippen LogP contribution < -0.4 is 0 Å². The van der Waals surface area contributed by atoms with E-state index in [9.17, 15) is 28.6 Å². The van der Waals surface area contributed by atoms with E-state index in [2.05, 4.69) is 0 Å². The minimum absolute atomic E-state index is 0.0772. The van der Waals surface area contributed by atoms with Gasteiger partial charge >= 0.3 is 0 Å². The molecule has 0 amide bonds. The highest BCUT2D eigenvalue weighted by Gasteiger charge is 2.36. The number of halogens is 4. The summed E-state index contributed by atoms with van der Waals surface area (Å²) in [6.45, 7) is 0. The Balaban J connectivity index is 1.91. The predicted molar refractivity (Wildman–Crippen MR) is 172 cm³/mol. The lowest BCUT2D eigenvalue weighted by Gasteiger charge is -2.23. The number of rotatable bonds is 10. The van der Waals surface area contributed by atoms with E-state index in [1.807, 2.05) is 0 Å². The lowest BCUT2D eigenvalue weighted by atomic mass is 10.1. The first-order valence-corrected chi connectivity index (χ1v) is 15.5. The van der Waals surface area contributed by atoms with E-state index in [-0.39, 0.29) is 42.6 Å². The molecule has 4 aromatic carbocycles. The summed E-state index contributed by atoms with van der Waals surface area (Å²) in [5.41, 5.74) is 0.826. The largest absolute Gasteiger partial charge is 0.270 e. The molecule has 0 saturated heterocycles. The predicted octanol–water partition coefficient (Wildman–Crippen LogP) is 9.74. The molecule has 2 atom stereocenters. The molecule has 43 heavy (non-hydrogen) atoms. The summed E-state index contributed by atoms with van der Waals surface area (Å²) >= 11 is 25.2. The van der Waals surface area contributed by atoms with Gasteiger partial charge < -0.3 is 0 Å². The molecular weight excluding hydrogens is 658 g/mol. The minimum atomic E-state index is -4.33. The first kappa shape index (κ1) is 32.2. The Kier molecular flexibility index (Phi) is 10.3. The van der Waals surface area contributed by atoms with E-state index in [0.717, 1.165) is 0 Å². The molecule has 2 unspecified atom stereocenters. The lowest BCUT2D eigenvalue weighted by Crippen LogP contribution is -2.19. The van der Waals surface area contributed by atoms with Crippen LogP contribution in [0.5, 0.6) is 0 Å². The molecule has 8 nitrogen and oxygen atoms in total. The molecular formula is C30H20Cl4N2O6S. The fraction of sp³-hybridized carbons (Fsp3) is 0.0667. The summed E-state index contributed by atoms with van der Waals surface area (Å²) in [5.74, 6) is 0. The minimum Gasteiger partial charge on any atom is -0.258 e. The average Bonchev–Trinajstić information content (AvgIpc) is 2.95. The summed E-state index contributed by atoms with van der Waals surface area (Å²) < 4.78 is 29.2. The van der Waals surface area contributed by atoms with Gasteiger partial charge in [0.15, 0.2) is 9.84 Å². The summed E-state index contributed by atoms with van der Waals surface area (Å²) in [6, 6.07) is 20.2. The number of hydrogen-bond acceptors (Lipinski definition) is 6. The molecule has 0 aliphatic carbocycles. The van der Waals surface area contributed by atoms with Crippen LogP contribution in [0.4, 0.5) is 11.4 Å². The molecule has 4 rings (SSSR count). The quantitative estimate of drug-likeness (QED) is 0.122. The smallest absolute Gasteiger partial charge is 0.258 e. The van der Waals surface area contributed by atoms with Gasteiger partial charge in [-0.3, -0.25) is 20.2 Å². The Hall–Kier alpha value is -3.73. The fourth-order valence-corrected chi connectivity index (χ4v) is 7.50. The van der Waals surface area contributed by atoms with Gasteiger partial charge in [0.1, 0.15) is 10.5 Å². The molecule has 0 spiro atoms. The number of nitro groups is 2. The Labute approximate surface area is 267 Å². The van der Waals surface area contributed by atoms with Crippen LogP contribution >= 0.6 is 46.4 Å². The van der Waals surface area contributed by atoms with Crippen LogP contribution in [-0.4, -0.2) is 18.3 Å². The van der Waals surface area contributed by atoms with E-state index >= 15 is 0 Å². The van der Waals surface area contributed by atoms with E-state index in [0.29, 0.717) is 11.1 Å². The van der Waals surface area contributed by atoms with Crippen molar-refractivity contribution in [3.8, 4) is 0 Å². The molecule has 0 aliphatic rings. The number of benzene rings is 4. The van der Waals surface area contributed by atoms with Crippen molar-refractivity contribution in [2.24, 2.45) is 0 Å². The third-order valence-electron chi connectivity index (χ3n) is 6.33. The van der Waals surface area contributed by atoms with Crippen molar-refractivity contribution in [1.29, 1.82) is 0 Å². The molecule has 0 aliphatic heterocycles. The van der Waals surface area contributed by atoms with E-state index < -0.39 is 30.2 Å². The number of sulfone groups is 1. The van der Waals surface area contributed by atoms with Gasteiger partial charge in [-0.25, -0.2) is 8.42 Å². The molecule has 220 valence electrons. The number of nitro benzene ring substituents is 2. The van der Waals surface area contributed by atoms with Crippen molar-refractivity contribution in [2.75, 3.05) is 0 Å². The van der Waals surface area contributed by atoms with Gasteiger partial charge in [0.2, 0.25) is 0 Å². The summed E-state index contributed by atoms with van der Waals surface area (Å²) in [7, 11) is -4.33. The second-order valence-electron chi connectivity index (χ2n) is 9.18. The zero-order valence-electron chi connectivity index (χ0n) is 21.8. The normalized spacial score (nSPS) is 13.3. The van der Waals surface area contributed by atoms with Crippen LogP contribution in [0, 0.1) is 20.2 Å². The van der Waals surface area contributed by atoms with Gasteiger partial charge in [0.05, 0.1) is 9.85 Å². The van der Waals surface area contributed by atoms with Crippen molar-refractivity contribution in [3.63, 3.8) is 0 Å². The van der Waals surface area contributed by atoms with Gasteiger partial charge in [0.25, 0.3) is 11.4 Å². The maximum Gasteiger partial charge on any atom is 0.270 e. The Morgan fingerprint density at radius 3 is 1.35 bits per heavy atom. The van der Waals surface area contributed by atoms with Gasteiger partial charge in [-0.15, -0.1) is 0 Å². The second kappa shape index (κ2) is 13.7. The fourth-order valence-electron chi connectivity index (χ4n) is 4.28. The molecule has 0 N–H and O–H groups in total. The van der Waals surface area contributed by atoms with E-state index in [1.54, 1.807) is 12.1 Å². The zero-order chi connectivity index (χ0) is 31.3. The van der Waals surface area contributed by atoms with Gasteiger partial charge in [0, 0.05) is 44.4 Å². The van der Waals surface area contributed by atoms with Crippen molar-refractivity contribution >= 4 is 79.8 Å². The van der Waals surface area contributed by atoms with Crippen molar-refractivity contribution in [3.05, 3.63) is 160 Å². The maximum absolute atomic E-state index is 14.6. The highest BCUT2D eigenvalue weighted by molar-refractivity contribution is 7.92. The molecule has 0 radical (unpaired) electrons. The third-order valence-corrected chi connectivity index (χ3v) is 9.70. The van der Waals surface area contributed by atoms with Crippen LogP contribution in [0.1, 0.15) is 32.8 Å². The monoisotopic (exact) mass is 676 g/mol. The number of nitrogens with zero attached hydrogens (tertiary/aromatic N) is 2. The van der Waals surface area contributed by atoms with Gasteiger partial charge in [-0.2, -0.15) is 0 Å². The SMILES string of the molecule is O=[N+]([O-])c1cccc(/C=C/C(c2ccc(Cl)cc2Cl)S(=O)(=O)C(/C=C/c2cccc([N+](=O)[O-])c2)c2ccc(Cl)cc2Cl)c1. The Bertz CT molecular complexity index is 1750. The molecule has 0 aromatic heterocycles. The molecule has 0 saturated carbocycles. The standard InChI is InChI=1S/C30H20Cl4N2O6S/c31-21-9-11-25(27(33)17-21)29(13-7-19-3-1-5-23(15-19)35(37)38)43(41,42)30(26-12-10-22(32)18-28(26)34)14-8-20-4-2-6-24(16-20)36(39)40/h1-18,29-30H/b13-7+,14-8+. The summed E-state index contributed by atoms with van der Waals surface area (Å²) in [4.78, 5) is 21.5. The van der Waals surface area contributed by atoms with Gasteiger partial charge in [-0.05, 0) is 46.5 Å². The molecule has 0 bridgehead atoms. The first-order chi connectivity index (χ1) is 20.4. The molecule has 0 heterocycles. The van der Waals surface area contributed by atoms with Crippen molar-refractivity contribution < 1.29 is 18.3 Å². The molecule has 13 heteroatoms. The van der Waals surface area contributed by atoms with Crippen LogP contribution in [-0.2, 0) is 9.84 Å². The van der Waals surface area contributed by atoms with Crippen LogP contribution in [0.25, 0.3) is 12.2 Å². The van der Waals surface area contributed by atoms with Gasteiger partial charge in [-0.1, -0.05) is 107 Å². The Morgan fingerprint density at radius 2 is 1.00 bits per heavy atom. The van der Waals surface area contributed by atoms with Crippen molar-refractivity contribution in [1.82, 2.24) is 0 Å². The topological polar surface area (TPSA) is 120 Å². The maximum atomic E-state index is 14.6. The highest BCUT2D eigenvalue weighted by atomic mass is 35.5. The lowest BCUT2D eigenvalue weighted by molar-refractivity contribution is -0.385. The molecule has 4 aromatic rings. The Morgan fingerprint density at radius 1 is 0.605 bits per heavy atom. The first-order valence-electron chi connectivity index (χ1n) is 12.3. The summed E-state index contributed by atoms with van der Waals surface area (Å²) in [5, 5.41) is 20.5. The zero-order valence-corrected chi connectivity index (χ0v) is 25.7. The third kappa shape index (κ3) is 7.81. The van der Waals surface area contributed by atoms with E-state index in [1.165, 1.54) is 97.1 Å². The highest BCUT2D eigenvalue weighted by Crippen LogP contribution is 2.42. The van der Waals surface area contributed by atoms with Crippen molar-refractivity contribution in [2.45, 2.75) is 10.5 Å². The second-order valence-corrected chi connectivity index (χ2v) is 13.1. The van der Waals surface area contributed by atoms with Crippen LogP contribution in [0.15, 0.2) is 97.1 Å².